The van der Waals surface area contributed by atoms with Crippen molar-refractivity contribution in [1.29, 1.82) is 5.26 Å². The molecule has 7 heteroatoms. The van der Waals surface area contributed by atoms with E-state index in [2.05, 4.69) is 35.2 Å². The molecule has 0 fully saturated rings. The smallest absolute Gasteiger partial charge is 0.270 e. The average molecular weight is 566 g/mol. The summed E-state index contributed by atoms with van der Waals surface area (Å²) in [5.74, 6) is 1.20. The first-order chi connectivity index (χ1) is 16.4. The third-order valence-electron chi connectivity index (χ3n) is 4.91. The maximum absolute atomic E-state index is 11.1. The molecule has 3 rings (SSSR count). The highest BCUT2D eigenvalue weighted by atomic mass is 127. The monoisotopic (exact) mass is 566 g/mol. The zero-order valence-electron chi connectivity index (χ0n) is 18.7. The first-order valence-corrected chi connectivity index (χ1v) is 11.7. The van der Waals surface area contributed by atoms with Gasteiger partial charge in [-0.2, -0.15) is 5.26 Å². The van der Waals surface area contributed by atoms with Crippen LogP contribution < -0.4 is 9.47 Å². The summed E-state index contributed by atoms with van der Waals surface area (Å²) in [6.07, 6.45) is 4.02. The minimum Gasteiger partial charge on any atom is -0.490 e. The Hall–Kier alpha value is -3.64. The molecule has 0 aliphatic rings. The van der Waals surface area contributed by atoms with Crippen LogP contribution in [0, 0.1) is 25.0 Å². The van der Waals surface area contributed by atoms with Crippen LogP contribution in [-0.2, 0) is 13.0 Å². The molecule has 0 atom stereocenters. The van der Waals surface area contributed by atoms with Gasteiger partial charge in [0.25, 0.3) is 5.69 Å². The molecule has 0 aliphatic carbocycles. The van der Waals surface area contributed by atoms with Gasteiger partial charge in [0.05, 0.1) is 23.2 Å². The zero-order valence-corrected chi connectivity index (χ0v) is 20.8. The highest BCUT2D eigenvalue weighted by Gasteiger charge is 2.15. The number of allylic oxidation sites excluding steroid dienone is 2. The molecule has 172 valence electrons. The lowest BCUT2D eigenvalue weighted by atomic mass is 10.0. The van der Waals surface area contributed by atoms with E-state index in [1.165, 1.54) is 12.1 Å². The first-order valence-electron chi connectivity index (χ1n) is 10.6. The minimum atomic E-state index is -0.479. The van der Waals surface area contributed by atoms with Crippen LogP contribution >= 0.6 is 22.6 Å². The normalized spacial score (nSPS) is 10.9. The quantitative estimate of drug-likeness (QED) is 0.0661. The summed E-state index contributed by atoms with van der Waals surface area (Å²) < 4.78 is 13.2. The van der Waals surface area contributed by atoms with Crippen LogP contribution in [0.2, 0.25) is 0 Å². The van der Waals surface area contributed by atoms with Gasteiger partial charge in [-0.15, -0.1) is 6.58 Å². The van der Waals surface area contributed by atoms with Gasteiger partial charge in [0.1, 0.15) is 6.61 Å². The maximum atomic E-state index is 11.1. The summed E-state index contributed by atoms with van der Waals surface area (Å²) in [5.41, 5.74) is 3.34. The molecule has 0 unspecified atom stereocenters. The lowest BCUT2D eigenvalue weighted by molar-refractivity contribution is -0.384. The van der Waals surface area contributed by atoms with E-state index in [9.17, 15) is 15.4 Å². The van der Waals surface area contributed by atoms with Crippen molar-refractivity contribution in [1.82, 2.24) is 0 Å². The third kappa shape index (κ3) is 6.45. The number of hydrogen-bond donors (Lipinski definition) is 0. The average Bonchev–Trinajstić information content (AvgIpc) is 2.83. The van der Waals surface area contributed by atoms with E-state index >= 15 is 0 Å². The van der Waals surface area contributed by atoms with Crippen molar-refractivity contribution in [3.8, 4) is 17.6 Å². The lowest BCUT2D eigenvalue weighted by Crippen LogP contribution is -2.03. The van der Waals surface area contributed by atoms with E-state index in [4.69, 9.17) is 9.47 Å². The summed E-state index contributed by atoms with van der Waals surface area (Å²) in [4.78, 5) is 10.7. The Balaban J connectivity index is 2.01. The highest BCUT2D eigenvalue weighted by Crippen LogP contribution is 2.36. The maximum Gasteiger partial charge on any atom is 0.270 e. The zero-order chi connectivity index (χ0) is 24.5. The van der Waals surface area contributed by atoms with Gasteiger partial charge in [-0.05, 0) is 83.0 Å². The van der Waals surface area contributed by atoms with Gasteiger partial charge in [0, 0.05) is 21.3 Å². The molecular weight excluding hydrogens is 543 g/mol. The second kappa shape index (κ2) is 12.0. The number of halogens is 1. The number of nitro groups is 1. The predicted octanol–water partition coefficient (Wildman–Crippen LogP) is 6.97. The van der Waals surface area contributed by atoms with Gasteiger partial charge < -0.3 is 9.47 Å². The van der Waals surface area contributed by atoms with Crippen LogP contribution in [0.3, 0.4) is 0 Å². The van der Waals surface area contributed by atoms with Crippen molar-refractivity contribution in [2.45, 2.75) is 20.0 Å². The molecular formula is C27H23IN2O4. The molecule has 0 spiro atoms. The van der Waals surface area contributed by atoms with E-state index in [1.54, 1.807) is 24.3 Å². The summed E-state index contributed by atoms with van der Waals surface area (Å²) >= 11 is 2.26. The van der Waals surface area contributed by atoms with Crippen molar-refractivity contribution in [2.24, 2.45) is 0 Å². The fraction of sp³-hybridized carbons (Fsp3) is 0.148. The Morgan fingerprint density at radius 1 is 1.18 bits per heavy atom. The standard InChI is InChI=1S/C27H23IN2O4/c1-3-6-22-13-20(14-23(17-29)21-7-5-8-25(16-21)30(31)32)15-26(33-4-2)27(22)34-18-19-9-11-24(28)12-10-19/h3,5,7-16H,1,4,6,18H2,2H3/b23-14-. The molecule has 0 radical (unpaired) electrons. The number of nitro benzene ring substituents is 1. The second-order valence-electron chi connectivity index (χ2n) is 7.33. The molecule has 0 aromatic heterocycles. The van der Waals surface area contributed by atoms with Crippen molar-refractivity contribution >= 4 is 39.9 Å². The van der Waals surface area contributed by atoms with Crippen molar-refractivity contribution in [3.05, 3.63) is 109 Å². The number of nitriles is 1. The van der Waals surface area contributed by atoms with E-state index in [1.807, 2.05) is 43.3 Å². The number of benzene rings is 3. The molecule has 0 N–H and O–H groups in total. The van der Waals surface area contributed by atoms with Gasteiger partial charge in [0.2, 0.25) is 0 Å². The molecule has 0 aliphatic heterocycles. The molecule has 0 saturated heterocycles. The van der Waals surface area contributed by atoms with Crippen LogP contribution in [0.5, 0.6) is 11.5 Å². The molecule has 0 saturated carbocycles. The van der Waals surface area contributed by atoms with Gasteiger partial charge in [-0.3, -0.25) is 10.1 Å². The topological polar surface area (TPSA) is 85.4 Å². The first kappa shape index (κ1) is 25.0. The van der Waals surface area contributed by atoms with E-state index in [-0.39, 0.29) is 5.69 Å². The molecule has 3 aromatic carbocycles. The number of ether oxygens (including phenoxy) is 2. The fourth-order valence-electron chi connectivity index (χ4n) is 3.37. The van der Waals surface area contributed by atoms with Gasteiger partial charge >= 0.3 is 0 Å². The highest BCUT2D eigenvalue weighted by molar-refractivity contribution is 14.1. The molecule has 0 amide bonds. The number of rotatable bonds is 10. The number of nitrogens with zero attached hydrogens (tertiary/aromatic N) is 2. The second-order valence-corrected chi connectivity index (χ2v) is 8.57. The summed E-state index contributed by atoms with van der Waals surface area (Å²) in [6, 6.07) is 20.0. The third-order valence-corrected chi connectivity index (χ3v) is 5.63. The van der Waals surface area contributed by atoms with Crippen LogP contribution in [0.4, 0.5) is 5.69 Å². The Labute approximate surface area is 212 Å². The van der Waals surface area contributed by atoms with E-state index in [0.717, 1.165) is 20.3 Å². The molecule has 3 aromatic rings. The van der Waals surface area contributed by atoms with Gasteiger partial charge in [-0.25, -0.2) is 0 Å². The predicted molar refractivity (Wildman–Crippen MR) is 142 cm³/mol. The van der Waals surface area contributed by atoms with Gasteiger partial charge in [-0.1, -0.05) is 30.3 Å². The molecule has 0 heterocycles. The summed E-state index contributed by atoms with van der Waals surface area (Å²) in [6.45, 7) is 6.57. The number of non-ortho nitro benzene ring substituents is 1. The lowest BCUT2D eigenvalue weighted by Gasteiger charge is -2.17. The molecule has 0 bridgehead atoms. The number of hydrogen-bond acceptors (Lipinski definition) is 5. The largest absolute Gasteiger partial charge is 0.490 e. The SMILES string of the molecule is C=CCc1cc(/C=C(/C#N)c2cccc([N+](=O)[O-])c2)cc(OCC)c1OCc1ccc(I)cc1. The van der Waals surface area contributed by atoms with Crippen LogP contribution in [0.1, 0.15) is 29.2 Å². The van der Waals surface area contributed by atoms with Crippen LogP contribution in [-0.4, -0.2) is 11.5 Å². The van der Waals surface area contributed by atoms with Crippen molar-refractivity contribution in [2.75, 3.05) is 6.61 Å². The van der Waals surface area contributed by atoms with E-state index < -0.39 is 4.92 Å². The Morgan fingerprint density at radius 2 is 1.94 bits per heavy atom. The van der Waals surface area contributed by atoms with Gasteiger partial charge in [0.15, 0.2) is 11.5 Å². The summed E-state index contributed by atoms with van der Waals surface area (Å²) in [7, 11) is 0. The Morgan fingerprint density at radius 3 is 2.59 bits per heavy atom. The van der Waals surface area contributed by atoms with Crippen molar-refractivity contribution in [3.63, 3.8) is 0 Å². The molecule has 34 heavy (non-hydrogen) atoms. The fourth-order valence-corrected chi connectivity index (χ4v) is 3.73. The Bertz CT molecular complexity index is 1260. The Kier molecular flexibility index (Phi) is 8.82. The van der Waals surface area contributed by atoms with Crippen molar-refractivity contribution < 1.29 is 14.4 Å². The van der Waals surface area contributed by atoms with Crippen LogP contribution in [0.15, 0.2) is 73.3 Å². The van der Waals surface area contributed by atoms with E-state index in [0.29, 0.717) is 42.3 Å². The summed E-state index contributed by atoms with van der Waals surface area (Å²) in [5, 5.41) is 20.9. The van der Waals surface area contributed by atoms with Crippen LogP contribution in [0.25, 0.3) is 11.6 Å². The molecule has 6 nitrogen and oxygen atoms in total. The minimum absolute atomic E-state index is 0.0691.